The number of benzene rings is 2. The second-order valence-electron chi connectivity index (χ2n) is 4.65. The van der Waals surface area contributed by atoms with Crippen LogP contribution < -0.4 is 5.32 Å². The van der Waals surface area contributed by atoms with Crippen LogP contribution in [-0.4, -0.2) is 20.6 Å². The lowest BCUT2D eigenvalue weighted by Gasteiger charge is -2.06. The van der Waals surface area contributed by atoms with E-state index in [1.807, 2.05) is 24.3 Å². The molecule has 0 aliphatic rings. The zero-order valence-corrected chi connectivity index (χ0v) is 13.7. The van der Waals surface area contributed by atoms with Gasteiger partial charge in [0, 0.05) is 16.4 Å². The second kappa shape index (κ2) is 6.41. The molecule has 21 heavy (non-hydrogen) atoms. The number of carbonyl (C=O) groups excluding carboxylic acids is 1. The zero-order valence-electron chi connectivity index (χ0n) is 11.3. The molecule has 0 aliphatic carbocycles. The molecule has 2 aromatic carbocycles. The number of sulfone groups is 1. The lowest BCUT2D eigenvalue weighted by atomic mass is 10.1. The van der Waals surface area contributed by atoms with Crippen LogP contribution in [0.3, 0.4) is 0 Å². The molecule has 0 atom stereocenters. The summed E-state index contributed by atoms with van der Waals surface area (Å²) >= 11 is 3.36. The minimum Gasteiger partial charge on any atom is -0.326 e. The fraction of sp³-hybridized carbons (Fsp3) is 0.133. The number of carbonyl (C=O) groups is 1. The Balaban J connectivity index is 2.03. The van der Waals surface area contributed by atoms with Crippen LogP contribution in [0.25, 0.3) is 0 Å². The Morgan fingerprint density at radius 3 is 2.38 bits per heavy atom. The molecule has 110 valence electrons. The fourth-order valence-electron chi connectivity index (χ4n) is 1.82. The molecule has 0 unspecified atom stereocenters. The largest absolute Gasteiger partial charge is 0.326 e. The first kappa shape index (κ1) is 15.7. The highest BCUT2D eigenvalue weighted by Crippen LogP contribution is 2.15. The third-order valence-corrected chi connectivity index (χ3v) is 4.44. The Labute approximate surface area is 132 Å². The molecule has 0 saturated carbocycles. The van der Waals surface area contributed by atoms with Crippen LogP contribution in [0.5, 0.6) is 0 Å². The van der Waals surface area contributed by atoms with Crippen molar-refractivity contribution in [3.8, 4) is 0 Å². The van der Waals surface area contributed by atoms with Crippen molar-refractivity contribution >= 4 is 37.4 Å². The van der Waals surface area contributed by atoms with Gasteiger partial charge in [0.1, 0.15) is 0 Å². The number of nitrogens with one attached hydrogen (secondary N) is 1. The van der Waals surface area contributed by atoms with Gasteiger partial charge in [-0.2, -0.15) is 0 Å². The minimum atomic E-state index is -3.22. The maximum absolute atomic E-state index is 11.9. The Bertz CT molecular complexity index is 755. The maximum Gasteiger partial charge on any atom is 0.228 e. The van der Waals surface area contributed by atoms with Crippen molar-refractivity contribution < 1.29 is 13.2 Å². The van der Waals surface area contributed by atoms with Crippen molar-refractivity contribution in [2.75, 3.05) is 11.6 Å². The lowest BCUT2D eigenvalue weighted by Crippen LogP contribution is -2.14. The summed E-state index contributed by atoms with van der Waals surface area (Å²) in [6.07, 6.45) is 1.40. The summed E-state index contributed by atoms with van der Waals surface area (Å²) in [6, 6.07) is 13.6. The van der Waals surface area contributed by atoms with Gasteiger partial charge in [0.2, 0.25) is 5.91 Å². The first-order valence-electron chi connectivity index (χ1n) is 6.19. The number of hydrogen-bond acceptors (Lipinski definition) is 3. The van der Waals surface area contributed by atoms with Gasteiger partial charge >= 0.3 is 0 Å². The third-order valence-electron chi connectivity index (χ3n) is 2.82. The highest BCUT2D eigenvalue weighted by Gasteiger charge is 2.08. The molecule has 2 aromatic rings. The van der Waals surface area contributed by atoms with E-state index in [0.717, 1.165) is 16.3 Å². The van der Waals surface area contributed by atoms with Crippen LogP contribution >= 0.6 is 15.9 Å². The summed E-state index contributed by atoms with van der Waals surface area (Å²) in [6.45, 7) is 0. The Hall–Kier alpha value is -1.66. The van der Waals surface area contributed by atoms with E-state index in [2.05, 4.69) is 21.2 Å². The van der Waals surface area contributed by atoms with Gasteiger partial charge in [-0.15, -0.1) is 0 Å². The molecule has 1 amide bonds. The quantitative estimate of drug-likeness (QED) is 0.902. The normalized spacial score (nSPS) is 11.1. The molecule has 0 aliphatic heterocycles. The number of anilines is 1. The zero-order chi connectivity index (χ0) is 15.5. The molecule has 0 bridgehead atoms. The Morgan fingerprint density at radius 2 is 1.81 bits per heavy atom. The van der Waals surface area contributed by atoms with Crippen LogP contribution in [0.2, 0.25) is 0 Å². The summed E-state index contributed by atoms with van der Waals surface area (Å²) in [4.78, 5) is 12.2. The molecule has 2 rings (SSSR count). The average Bonchev–Trinajstić information content (AvgIpc) is 2.38. The van der Waals surface area contributed by atoms with E-state index < -0.39 is 9.84 Å². The highest BCUT2D eigenvalue weighted by molar-refractivity contribution is 9.10. The van der Waals surface area contributed by atoms with Crippen LogP contribution in [0.4, 0.5) is 5.69 Å². The number of amides is 1. The molecular weight excluding hydrogens is 354 g/mol. The molecule has 4 nitrogen and oxygen atoms in total. The SMILES string of the molecule is CS(=O)(=O)c1ccc(NC(=O)Cc2cccc(Br)c2)cc1. The smallest absolute Gasteiger partial charge is 0.228 e. The van der Waals surface area contributed by atoms with E-state index in [0.29, 0.717) is 5.69 Å². The molecule has 6 heteroatoms. The molecule has 0 spiro atoms. The predicted octanol–water partition coefficient (Wildman–Crippen LogP) is 3.03. The van der Waals surface area contributed by atoms with Crippen molar-refractivity contribution in [1.29, 1.82) is 0 Å². The number of hydrogen-bond donors (Lipinski definition) is 1. The van der Waals surface area contributed by atoms with Crippen molar-refractivity contribution in [1.82, 2.24) is 0 Å². The summed E-state index contributed by atoms with van der Waals surface area (Å²) in [5, 5.41) is 2.74. The van der Waals surface area contributed by atoms with Crippen LogP contribution in [0, 0.1) is 0 Å². The fourth-order valence-corrected chi connectivity index (χ4v) is 2.90. The van der Waals surface area contributed by atoms with Gasteiger partial charge in [-0.1, -0.05) is 28.1 Å². The average molecular weight is 368 g/mol. The first-order chi connectivity index (χ1) is 9.84. The number of rotatable bonds is 4. The van der Waals surface area contributed by atoms with Gasteiger partial charge < -0.3 is 5.32 Å². The lowest BCUT2D eigenvalue weighted by molar-refractivity contribution is -0.115. The topological polar surface area (TPSA) is 63.2 Å². The van der Waals surface area contributed by atoms with E-state index in [4.69, 9.17) is 0 Å². The number of halogens is 1. The van der Waals surface area contributed by atoms with E-state index in [1.165, 1.54) is 12.1 Å². The van der Waals surface area contributed by atoms with E-state index in [1.54, 1.807) is 12.1 Å². The van der Waals surface area contributed by atoms with Gasteiger partial charge in [0.25, 0.3) is 0 Å². The van der Waals surface area contributed by atoms with E-state index in [-0.39, 0.29) is 17.2 Å². The molecule has 0 heterocycles. The van der Waals surface area contributed by atoms with Crippen molar-refractivity contribution in [3.63, 3.8) is 0 Å². The highest BCUT2D eigenvalue weighted by atomic mass is 79.9. The summed E-state index contributed by atoms with van der Waals surface area (Å²) in [5.41, 5.74) is 1.47. The molecule has 0 aromatic heterocycles. The summed E-state index contributed by atoms with van der Waals surface area (Å²) in [5.74, 6) is -0.153. The molecule has 0 fully saturated rings. The van der Waals surface area contributed by atoms with Crippen LogP contribution in [0.1, 0.15) is 5.56 Å². The predicted molar refractivity (Wildman–Crippen MR) is 86.0 cm³/mol. The van der Waals surface area contributed by atoms with Crippen molar-refractivity contribution in [2.24, 2.45) is 0 Å². The van der Waals surface area contributed by atoms with Gasteiger partial charge in [0.05, 0.1) is 11.3 Å². The maximum atomic E-state index is 11.9. The van der Waals surface area contributed by atoms with Gasteiger partial charge in [0.15, 0.2) is 9.84 Å². The Kier molecular flexibility index (Phi) is 4.80. The summed E-state index contributed by atoms with van der Waals surface area (Å²) in [7, 11) is -3.22. The summed E-state index contributed by atoms with van der Waals surface area (Å²) < 4.78 is 23.6. The van der Waals surface area contributed by atoms with Gasteiger partial charge in [-0.05, 0) is 42.0 Å². The molecule has 0 radical (unpaired) electrons. The molecular formula is C15H14BrNO3S. The van der Waals surface area contributed by atoms with E-state index >= 15 is 0 Å². The third kappa shape index (κ3) is 4.68. The van der Waals surface area contributed by atoms with Gasteiger partial charge in [-0.25, -0.2) is 8.42 Å². The van der Waals surface area contributed by atoms with Crippen molar-refractivity contribution in [2.45, 2.75) is 11.3 Å². The van der Waals surface area contributed by atoms with Crippen molar-refractivity contribution in [3.05, 3.63) is 58.6 Å². The van der Waals surface area contributed by atoms with Crippen LogP contribution in [-0.2, 0) is 21.1 Å². The monoisotopic (exact) mass is 367 g/mol. The van der Waals surface area contributed by atoms with Crippen LogP contribution in [0.15, 0.2) is 57.9 Å². The minimum absolute atomic E-state index is 0.153. The van der Waals surface area contributed by atoms with Gasteiger partial charge in [-0.3, -0.25) is 4.79 Å². The first-order valence-corrected chi connectivity index (χ1v) is 8.87. The molecule has 0 saturated heterocycles. The van der Waals surface area contributed by atoms with E-state index in [9.17, 15) is 13.2 Å². The molecule has 1 N–H and O–H groups in total. The standard InChI is InChI=1S/C15H14BrNO3S/c1-21(19,20)14-7-5-13(6-8-14)17-15(18)10-11-3-2-4-12(16)9-11/h2-9H,10H2,1H3,(H,17,18). The second-order valence-corrected chi connectivity index (χ2v) is 7.58. The Morgan fingerprint density at radius 1 is 1.14 bits per heavy atom.